The first kappa shape index (κ1) is 15.9. The van der Waals surface area contributed by atoms with Crippen molar-refractivity contribution in [3.8, 4) is 0 Å². The maximum atomic E-state index is 11.9. The van der Waals surface area contributed by atoms with Gasteiger partial charge >= 0.3 is 5.97 Å². The van der Waals surface area contributed by atoms with E-state index in [0.29, 0.717) is 6.42 Å². The summed E-state index contributed by atoms with van der Waals surface area (Å²) in [5.74, 6) is -0.888. The molecule has 6 heteroatoms. The minimum absolute atomic E-state index is 0.106. The molecule has 1 aliphatic rings. The van der Waals surface area contributed by atoms with Gasteiger partial charge in [0.1, 0.15) is 0 Å². The van der Waals surface area contributed by atoms with Gasteiger partial charge in [-0.2, -0.15) is 0 Å². The molecule has 0 aromatic carbocycles. The number of carbonyl (C=O) groups excluding carboxylic acids is 2. The van der Waals surface area contributed by atoms with E-state index in [1.54, 1.807) is 0 Å². The summed E-state index contributed by atoms with van der Waals surface area (Å²) in [7, 11) is 3.08. The van der Waals surface area contributed by atoms with Crippen molar-refractivity contribution in [1.29, 1.82) is 0 Å². The third-order valence-electron chi connectivity index (χ3n) is 3.81. The number of hydrogen-bond acceptors (Lipinski definition) is 5. The van der Waals surface area contributed by atoms with E-state index in [-0.39, 0.29) is 18.0 Å². The summed E-state index contributed by atoms with van der Waals surface area (Å²) in [4.78, 5) is 22.9. The van der Waals surface area contributed by atoms with Crippen molar-refractivity contribution >= 4 is 11.9 Å². The van der Waals surface area contributed by atoms with Crippen LogP contribution < -0.4 is 10.6 Å². The van der Waals surface area contributed by atoms with E-state index < -0.39 is 12.1 Å². The fraction of sp³-hybridized carbons (Fsp3) is 0.846. The Morgan fingerprint density at radius 2 is 1.95 bits per heavy atom. The van der Waals surface area contributed by atoms with Crippen LogP contribution in [0, 0.1) is 0 Å². The van der Waals surface area contributed by atoms with Gasteiger partial charge in [-0.05, 0) is 19.9 Å². The summed E-state index contributed by atoms with van der Waals surface area (Å²) in [5.41, 5.74) is -0.140. The second-order valence-corrected chi connectivity index (χ2v) is 5.11. The Labute approximate surface area is 113 Å². The molecule has 3 N–H and O–H groups in total. The van der Waals surface area contributed by atoms with Crippen molar-refractivity contribution < 1.29 is 19.4 Å². The molecular weight excluding hydrogens is 248 g/mol. The molecule has 0 bridgehead atoms. The molecule has 1 fully saturated rings. The van der Waals surface area contributed by atoms with E-state index in [9.17, 15) is 14.7 Å². The second-order valence-electron chi connectivity index (χ2n) is 5.11. The summed E-state index contributed by atoms with van der Waals surface area (Å²) in [6.45, 7) is -0.106. The fourth-order valence-corrected chi connectivity index (χ4v) is 2.54. The van der Waals surface area contributed by atoms with Crippen molar-refractivity contribution in [1.82, 2.24) is 10.6 Å². The standard InChI is InChI=1S/C13H24N2O4/c1-14-13(6-4-3-5-7-13)8-11(17)15-9-10(16)12(18)19-2/h10,14,16H,3-9H2,1-2H3,(H,15,17). The maximum absolute atomic E-state index is 11.9. The highest BCUT2D eigenvalue weighted by Gasteiger charge is 2.32. The molecule has 1 amide bonds. The summed E-state index contributed by atoms with van der Waals surface area (Å²) in [6.07, 6.45) is 4.50. The zero-order valence-corrected chi connectivity index (χ0v) is 11.7. The predicted octanol–water partition coefficient (Wildman–Crippen LogP) is -0.0511. The first-order chi connectivity index (χ1) is 9.03. The molecule has 1 rings (SSSR count). The van der Waals surface area contributed by atoms with Gasteiger partial charge in [-0.3, -0.25) is 4.79 Å². The number of amides is 1. The largest absolute Gasteiger partial charge is 0.467 e. The van der Waals surface area contributed by atoms with Crippen LogP contribution in [0.4, 0.5) is 0 Å². The number of nitrogens with one attached hydrogen (secondary N) is 2. The second kappa shape index (κ2) is 7.45. The maximum Gasteiger partial charge on any atom is 0.336 e. The Balaban J connectivity index is 2.39. The number of carbonyl (C=O) groups is 2. The predicted molar refractivity (Wildman–Crippen MR) is 70.5 cm³/mol. The van der Waals surface area contributed by atoms with Crippen molar-refractivity contribution in [2.45, 2.75) is 50.2 Å². The molecule has 19 heavy (non-hydrogen) atoms. The molecule has 0 aliphatic heterocycles. The lowest BCUT2D eigenvalue weighted by molar-refractivity contribution is -0.150. The Hall–Kier alpha value is -1.14. The van der Waals surface area contributed by atoms with Crippen molar-refractivity contribution in [2.75, 3.05) is 20.7 Å². The van der Waals surface area contributed by atoms with E-state index in [1.807, 2.05) is 7.05 Å². The molecular formula is C13H24N2O4. The van der Waals surface area contributed by atoms with Gasteiger partial charge in [0, 0.05) is 12.0 Å². The van der Waals surface area contributed by atoms with Crippen LogP contribution in [0.25, 0.3) is 0 Å². The summed E-state index contributed by atoms with van der Waals surface area (Å²) in [6, 6.07) is 0. The van der Waals surface area contributed by atoms with E-state index >= 15 is 0 Å². The molecule has 0 saturated heterocycles. The third kappa shape index (κ3) is 4.80. The monoisotopic (exact) mass is 272 g/mol. The molecule has 0 spiro atoms. The van der Waals surface area contributed by atoms with E-state index in [4.69, 9.17) is 0 Å². The Morgan fingerprint density at radius 1 is 1.32 bits per heavy atom. The van der Waals surface area contributed by atoms with Gasteiger partial charge in [0.15, 0.2) is 6.10 Å². The highest BCUT2D eigenvalue weighted by molar-refractivity contribution is 5.79. The average Bonchev–Trinajstić information content (AvgIpc) is 2.44. The molecule has 1 atom stereocenters. The number of rotatable bonds is 6. The number of hydrogen-bond donors (Lipinski definition) is 3. The van der Waals surface area contributed by atoms with Gasteiger partial charge in [0.25, 0.3) is 0 Å². The van der Waals surface area contributed by atoms with Gasteiger partial charge in [-0.25, -0.2) is 4.79 Å². The van der Waals surface area contributed by atoms with Crippen LogP contribution in [0.2, 0.25) is 0 Å². The molecule has 0 aromatic rings. The number of aliphatic hydroxyl groups is 1. The summed E-state index contributed by atoms with van der Waals surface area (Å²) >= 11 is 0. The SMILES string of the molecule is CNC1(CC(=O)NCC(O)C(=O)OC)CCCCC1. The summed E-state index contributed by atoms with van der Waals surface area (Å²) < 4.78 is 4.38. The topological polar surface area (TPSA) is 87.7 Å². The molecule has 6 nitrogen and oxygen atoms in total. The lowest BCUT2D eigenvalue weighted by atomic mass is 9.79. The zero-order valence-electron chi connectivity index (χ0n) is 11.7. The molecule has 0 radical (unpaired) electrons. The van der Waals surface area contributed by atoms with Crippen LogP contribution in [0.15, 0.2) is 0 Å². The average molecular weight is 272 g/mol. The Kier molecular flexibility index (Phi) is 6.24. The number of aliphatic hydroxyl groups excluding tert-OH is 1. The Bertz CT molecular complexity index is 314. The zero-order chi connectivity index (χ0) is 14.3. The highest BCUT2D eigenvalue weighted by Crippen LogP contribution is 2.30. The number of esters is 1. The van der Waals surface area contributed by atoms with Gasteiger partial charge in [-0.15, -0.1) is 0 Å². The van der Waals surface area contributed by atoms with Crippen LogP contribution in [0.5, 0.6) is 0 Å². The van der Waals surface area contributed by atoms with E-state index in [0.717, 1.165) is 25.7 Å². The highest BCUT2D eigenvalue weighted by atomic mass is 16.5. The lowest BCUT2D eigenvalue weighted by Gasteiger charge is -2.36. The first-order valence-corrected chi connectivity index (χ1v) is 6.74. The van der Waals surface area contributed by atoms with Crippen LogP contribution in [-0.2, 0) is 14.3 Å². The van der Waals surface area contributed by atoms with E-state index in [2.05, 4.69) is 15.4 Å². The number of methoxy groups -OCH3 is 1. The van der Waals surface area contributed by atoms with Crippen molar-refractivity contribution in [3.05, 3.63) is 0 Å². The minimum atomic E-state index is -1.30. The molecule has 1 saturated carbocycles. The van der Waals surface area contributed by atoms with Crippen molar-refractivity contribution in [3.63, 3.8) is 0 Å². The fourth-order valence-electron chi connectivity index (χ4n) is 2.54. The molecule has 0 heterocycles. The van der Waals surface area contributed by atoms with Crippen LogP contribution in [-0.4, -0.2) is 49.3 Å². The summed E-state index contributed by atoms with van der Waals surface area (Å²) in [5, 5.41) is 15.2. The molecule has 1 aliphatic carbocycles. The molecule has 1 unspecified atom stereocenters. The smallest absolute Gasteiger partial charge is 0.336 e. The van der Waals surface area contributed by atoms with Crippen LogP contribution in [0.3, 0.4) is 0 Å². The van der Waals surface area contributed by atoms with Crippen molar-refractivity contribution in [2.24, 2.45) is 0 Å². The van der Waals surface area contributed by atoms with Gasteiger partial charge < -0.3 is 20.5 Å². The Morgan fingerprint density at radius 3 is 2.47 bits per heavy atom. The van der Waals surface area contributed by atoms with Gasteiger partial charge in [-0.1, -0.05) is 19.3 Å². The first-order valence-electron chi connectivity index (χ1n) is 6.74. The van der Waals surface area contributed by atoms with Gasteiger partial charge in [0.2, 0.25) is 5.91 Å². The minimum Gasteiger partial charge on any atom is -0.467 e. The molecule has 0 aromatic heterocycles. The quantitative estimate of drug-likeness (QED) is 0.590. The normalized spacial score (nSPS) is 19.5. The van der Waals surface area contributed by atoms with Crippen LogP contribution >= 0.6 is 0 Å². The number of ether oxygens (including phenoxy) is 1. The molecule has 110 valence electrons. The third-order valence-corrected chi connectivity index (χ3v) is 3.81. The van der Waals surface area contributed by atoms with Gasteiger partial charge in [0.05, 0.1) is 13.7 Å². The lowest BCUT2D eigenvalue weighted by Crippen LogP contribution is -2.49. The van der Waals surface area contributed by atoms with E-state index in [1.165, 1.54) is 13.5 Å². The van der Waals surface area contributed by atoms with Crippen LogP contribution in [0.1, 0.15) is 38.5 Å².